The van der Waals surface area contributed by atoms with Crippen molar-refractivity contribution < 1.29 is 14.3 Å². The fourth-order valence-corrected chi connectivity index (χ4v) is 3.87. The van der Waals surface area contributed by atoms with Gasteiger partial charge in [0.05, 0.1) is 5.56 Å². The molecule has 1 fully saturated rings. The third-order valence-corrected chi connectivity index (χ3v) is 5.80. The smallest absolute Gasteiger partial charge is 0.341 e. The largest absolute Gasteiger partial charge is 0.449 e. The van der Waals surface area contributed by atoms with Gasteiger partial charge in [-0.25, -0.2) is 4.79 Å². The zero-order valence-electron chi connectivity index (χ0n) is 16.0. The van der Waals surface area contributed by atoms with Crippen molar-refractivity contribution in [3.05, 3.63) is 36.0 Å². The summed E-state index contributed by atoms with van der Waals surface area (Å²) >= 11 is 0. The van der Waals surface area contributed by atoms with Gasteiger partial charge in [0.15, 0.2) is 6.10 Å². The minimum Gasteiger partial charge on any atom is -0.449 e. The summed E-state index contributed by atoms with van der Waals surface area (Å²) < 4.78 is 7.35. The van der Waals surface area contributed by atoms with E-state index < -0.39 is 12.1 Å². The monoisotopic (exact) mass is 356 g/mol. The Morgan fingerprint density at radius 1 is 1.23 bits per heavy atom. The highest BCUT2D eigenvalue weighted by atomic mass is 16.5. The fourth-order valence-electron chi connectivity index (χ4n) is 3.87. The first-order valence-corrected chi connectivity index (χ1v) is 9.44. The number of amides is 1. The first kappa shape index (κ1) is 18.5. The first-order valence-electron chi connectivity index (χ1n) is 9.44. The van der Waals surface area contributed by atoms with E-state index in [-0.39, 0.29) is 11.9 Å². The molecule has 0 unspecified atom stereocenters. The highest BCUT2D eigenvalue weighted by Gasteiger charge is 2.30. The van der Waals surface area contributed by atoms with Crippen LogP contribution in [0.3, 0.4) is 0 Å². The number of para-hydroxylation sites is 1. The summed E-state index contributed by atoms with van der Waals surface area (Å²) in [7, 11) is 1.89. The van der Waals surface area contributed by atoms with Crippen LogP contribution in [0.2, 0.25) is 0 Å². The summed E-state index contributed by atoms with van der Waals surface area (Å²) in [4.78, 5) is 25.1. The topological polar surface area (TPSA) is 60.3 Å². The SMILES string of the molecule is C[C@@H]1[C@H](C)CCC[C@H]1NC(=O)[C@@H](C)OC(=O)c1cn(C)c2ccccc12. The molecule has 5 nitrogen and oxygen atoms in total. The van der Waals surface area contributed by atoms with Crippen molar-refractivity contribution >= 4 is 22.8 Å². The number of rotatable bonds is 4. The number of fused-ring (bicyclic) bond motifs is 1. The summed E-state index contributed by atoms with van der Waals surface area (Å²) in [6, 6.07) is 7.82. The van der Waals surface area contributed by atoms with Gasteiger partial charge in [-0.05, 0) is 31.2 Å². The van der Waals surface area contributed by atoms with Crippen LogP contribution in [0.1, 0.15) is 50.4 Å². The number of ether oxygens (including phenoxy) is 1. The Labute approximate surface area is 154 Å². The molecule has 1 amide bonds. The number of carbonyl (C=O) groups is 2. The predicted octanol–water partition coefficient (Wildman–Crippen LogP) is 3.66. The molecule has 0 aliphatic heterocycles. The number of aryl methyl sites for hydroxylation is 1. The van der Waals surface area contributed by atoms with Gasteiger partial charge < -0.3 is 14.6 Å². The van der Waals surface area contributed by atoms with Gasteiger partial charge in [-0.15, -0.1) is 0 Å². The van der Waals surface area contributed by atoms with Gasteiger partial charge in [0.1, 0.15) is 0 Å². The lowest BCUT2D eigenvalue weighted by Crippen LogP contribution is -2.47. The zero-order valence-corrected chi connectivity index (χ0v) is 16.0. The van der Waals surface area contributed by atoms with Crippen LogP contribution >= 0.6 is 0 Å². The van der Waals surface area contributed by atoms with E-state index >= 15 is 0 Å². The maximum Gasteiger partial charge on any atom is 0.341 e. The Balaban J connectivity index is 1.66. The van der Waals surface area contributed by atoms with E-state index in [9.17, 15) is 9.59 Å². The Bertz CT molecular complexity index is 811. The van der Waals surface area contributed by atoms with Crippen LogP contribution in [-0.2, 0) is 16.6 Å². The molecule has 1 aromatic carbocycles. The number of aromatic nitrogens is 1. The molecule has 26 heavy (non-hydrogen) atoms. The van der Waals surface area contributed by atoms with Crippen LogP contribution in [0.5, 0.6) is 0 Å². The lowest BCUT2D eigenvalue weighted by molar-refractivity contribution is -0.130. The number of benzene rings is 1. The van der Waals surface area contributed by atoms with Crippen LogP contribution in [0.4, 0.5) is 0 Å². The molecule has 140 valence electrons. The molecule has 2 aromatic rings. The minimum absolute atomic E-state index is 0.157. The van der Waals surface area contributed by atoms with E-state index in [2.05, 4.69) is 19.2 Å². The van der Waals surface area contributed by atoms with E-state index in [1.165, 1.54) is 6.42 Å². The molecule has 4 atom stereocenters. The van der Waals surface area contributed by atoms with E-state index in [1.807, 2.05) is 35.9 Å². The normalized spacial score (nSPS) is 24.2. The average Bonchev–Trinajstić information content (AvgIpc) is 2.96. The Morgan fingerprint density at radius 2 is 1.96 bits per heavy atom. The van der Waals surface area contributed by atoms with Crippen molar-refractivity contribution in [2.45, 2.75) is 52.2 Å². The highest BCUT2D eigenvalue weighted by Crippen LogP contribution is 2.29. The van der Waals surface area contributed by atoms with E-state index in [1.54, 1.807) is 13.1 Å². The molecule has 1 heterocycles. The third-order valence-electron chi connectivity index (χ3n) is 5.80. The second-order valence-electron chi connectivity index (χ2n) is 7.60. The zero-order chi connectivity index (χ0) is 18.8. The first-order chi connectivity index (χ1) is 12.4. The van der Waals surface area contributed by atoms with Gasteiger partial charge in [0.2, 0.25) is 0 Å². The summed E-state index contributed by atoms with van der Waals surface area (Å²) in [6.07, 6.45) is 4.26. The maximum atomic E-state index is 12.6. The summed E-state index contributed by atoms with van der Waals surface area (Å²) in [5.41, 5.74) is 1.45. The second-order valence-corrected chi connectivity index (χ2v) is 7.60. The van der Waals surface area contributed by atoms with Crippen LogP contribution < -0.4 is 5.32 Å². The number of hydrogen-bond donors (Lipinski definition) is 1. The molecule has 1 aliphatic carbocycles. The van der Waals surface area contributed by atoms with Crippen molar-refractivity contribution in [3.8, 4) is 0 Å². The maximum absolute atomic E-state index is 12.6. The van der Waals surface area contributed by atoms with Gasteiger partial charge >= 0.3 is 5.97 Å². The van der Waals surface area contributed by atoms with Gasteiger partial charge in [-0.3, -0.25) is 4.79 Å². The molecule has 1 aliphatic rings. The van der Waals surface area contributed by atoms with Crippen molar-refractivity contribution in [3.63, 3.8) is 0 Å². The minimum atomic E-state index is -0.814. The molecule has 5 heteroatoms. The van der Waals surface area contributed by atoms with E-state index in [4.69, 9.17) is 4.74 Å². The predicted molar refractivity (Wildman–Crippen MR) is 102 cm³/mol. The van der Waals surface area contributed by atoms with Crippen molar-refractivity contribution in [2.75, 3.05) is 0 Å². The summed E-state index contributed by atoms with van der Waals surface area (Å²) in [5, 5.41) is 3.91. The van der Waals surface area contributed by atoms with Crippen LogP contribution in [0, 0.1) is 11.8 Å². The molecule has 1 N–H and O–H groups in total. The Hall–Kier alpha value is -2.30. The standard InChI is InChI=1S/C21H28N2O3/c1-13-8-7-10-18(14(13)2)22-20(24)15(3)26-21(25)17-12-23(4)19-11-6-5-9-16(17)19/h5-6,9,11-15,18H,7-8,10H2,1-4H3,(H,22,24)/t13-,14-,15-,18-/m1/s1. The number of esters is 1. The molecular formula is C21H28N2O3. The van der Waals surface area contributed by atoms with Gasteiger partial charge in [-0.1, -0.05) is 44.9 Å². The second kappa shape index (κ2) is 7.52. The van der Waals surface area contributed by atoms with E-state index in [0.29, 0.717) is 17.4 Å². The van der Waals surface area contributed by atoms with Gasteiger partial charge in [-0.2, -0.15) is 0 Å². The quantitative estimate of drug-likeness (QED) is 0.851. The molecule has 1 saturated carbocycles. The molecule has 1 aromatic heterocycles. The molecule has 0 saturated heterocycles. The number of nitrogens with zero attached hydrogens (tertiary/aromatic N) is 1. The summed E-state index contributed by atoms with van der Waals surface area (Å²) in [5.74, 6) is 0.357. The number of nitrogens with one attached hydrogen (secondary N) is 1. The number of hydrogen-bond acceptors (Lipinski definition) is 3. The molecule has 0 spiro atoms. The molecule has 0 bridgehead atoms. The van der Waals surface area contributed by atoms with Crippen LogP contribution in [0.25, 0.3) is 10.9 Å². The van der Waals surface area contributed by atoms with E-state index in [0.717, 1.165) is 23.7 Å². The van der Waals surface area contributed by atoms with Crippen LogP contribution in [-0.4, -0.2) is 28.6 Å². The van der Waals surface area contributed by atoms with Gasteiger partial charge in [0.25, 0.3) is 5.91 Å². The van der Waals surface area contributed by atoms with Crippen molar-refractivity contribution in [2.24, 2.45) is 18.9 Å². The molecule has 3 rings (SSSR count). The highest BCUT2D eigenvalue weighted by molar-refractivity contribution is 6.05. The van der Waals surface area contributed by atoms with Crippen molar-refractivity contribution in [1.82, 2.24) is 9.88 Å². The Morgan fingerprint density at radius 3 is 2.73 bits per heavy atom. The lowest BCUT2D eigenvalue weighted by atomic mass is 9.78. The van der Waals surface area contributed by atoms with Gasteiger partial charge in [0, 0.05) is 30.2 Å². The average molecular weight is 356 g/mol. The summed E-state index contributed by atoms with van der Waals surface area (Å²) in [6.45, 7) is 6.05. The molecule has 0 radical (unpaired) electrons. The third kappa shape index (κ3) is 3.62. The fraction of sp³-hybridized carbons (Fsp3) is 0.524. The Kier molecular flexibility index (Phi) is 5.35. The lowest BCUT2D eigenvalue weighted by Gasteiger charge is -2.35. The van der Waals surface area contributed by atoms with Crippen LogP contribution in [0.15, 0.2) is 30.5 Å². The van der Waals surface area contributed by atoms with Crippen molar-refractivity contribution in [1.29, 1.82) is 0 Å². The molecular weight excluding hydrogens is 328 g/mol. The number of carbonyl (C=O) groups excluding carboxylic acids is 2.